The summed E-state index contributed by atoms with van der Waals surface area (Å²) in [7, 11) is -0.882. The van der Waals surface area contributed by atoms with Crippen LogP contribution in [0.5, 0.6) is 0 Å². The molecule has 0 fully saturated rings. The predicted octanol–water partition coefficient (Wildman–Crippen LogP) is 0.377. The third-order valence-corrected chi connectivity index (χ3v) is 2.60. The van der Waals surface area contributed by atoms with Gasteiger partial charge < -0.3 is 11.1 Å². The molecular formula is C10H14N2O2S. The summed E-state index contributed by atoms with van der Waals surface area (Å²) in [4.78, 5) is 11.5. The number of carbonyl (C=O) groups is 1. The van der Waals surface area contributed by atoms with Gasteiger partial charge in [-0.15, -0.1) is 0 Å². The van der Waals surface area contributed by atoms with E-state index in [1.807, 2.05) is 0 Å². The van der Waals surface area contributed by atoms with Crippen molar-refractivity contribution in [3.05, 3.63) is 29.8 Å². The molecule has 1 amide bonds. The van der Waals surface area contributed by atoms with Crippen LogP contribution >= 0.6 is 0 Å². The molecule has 1 rings (SSSR count). The number of nitrogens with two attached hydrogens (primary N) is 1. The SMILES string of the molecule is CS(=O)CCNC(=O)c1cccc(N)c1. The maximum absolute atomic E-state index is 11.5. The highest BCUT2D eigenvalue weighted by atomic mass is 32.2. The molecule has 0 aliphatic rings. The summed E-state index contributed by atoms with van der Waals surface area (Å²) in [6, 6.07) is 6.74. The summed E-state index contributed by atoms with van der Waals surface area (Å²) in [6.45, 7) is 0.413. The second-order valence-electron chi connectivity index (χ2n) is 3.16. The van der Waals surface area contributed by atoms with Gasteiger partial charge in [0.2, 0.25) is 0 Å². The van der Waals surface area contributed by atoms with Gasteiger partial charge in [-0.2, -0.15) is 0 Å². The number of carbonyl (C=O) groups excluding carboxylic acids is 1. The lowest BCUT2D eigenvalue weighted by Crippen LogP contribution is -2.27. The Hall–Kier alpha value is -1.36. The van der Waals surface area contributed by atoms with Crippen molar-refractivity contribution in [2.45, 2.75) is 0 Å². The first-order valence-corrected chi connectivity index (χ1v) is 6.26. The zero-order valence-corrected chi connectivity index (χ0v) is 9.34. The molecule has 0 radical (unpaired) electrons. The smallest absolute Gasteiger partial charge is 0.251 e. The van der Waals surface area contributed by atoms with E-state index in [0.717, 1.165) is 0 Å². The number of benzene rings is 1. The van der Waals surface area contributed by atoms with Gasteiger partial charge in [0.05, 0.1) is 0 Å². The lowest BCUT2D eigenvalue weighted by Gasteiger charge is -2.04. The number of nitrogens with one attached hydrogen (secondary N) is 1. The topological polar surface area (TPSA) is 72.2 Å². The number of amides is 1. The summed E-state index contributed by atoms with van der Waals surface area (Å²) < 4.78 is 10.8. The first-order valence-electron chi connectivity index (χ1n) is 4.53. The molecule has 1 aromatic carbocycles. The average molecular weight is 226 g/mol. The van der Waals surface area contributed by atoms with Gasteiger partial charge in [-0.3, -0.25) is 9.00 Å². The Balaban J connectivity index is 2.50. The largest absolute Gasteiger partial charge is 0.399 e. The van der Waals surface area contributed by atoms with Crippen molar-refractivity contribution in [3.63, 3.8) is 0 Å². The predicted molar refractivity (Wildman–Crippen MR) is 62.1 cm³/mol. The van der Waals surface area contributed by atoms with Gasteiger partial charge in [0.25, 0.3) is 5.91 Å². The van der Waals surface area contributed by atoms with Crippen LogP contribution in [0, 0.1) is 0 Å². The quantitative estimate of drug-likeness (QED) is 0.729. The highest BCUT2D eigenvalue weighted by Crippen LogP contribution is 2.05. The monoisotopic (exact) mass is 226 g/mol. The maximum atomic E-state index is 11.5. The highest BCUT2D eigenvalue weighted by molar-refractivity contribution is 7.84. The van der Waals surface area contributed by atoms with E-state index in [1.54, 1.807) is 30.5 Å². The van der Waals surface area contributed by atoms with Crippen LogP contribution in [0.25, 0.3) is 0 Å². The summed E-state index contributed by atoms with van der Waals surface area (Å²) in [5, 5.41) is 2.67. The van der Waals surface area contributed by atoms with E-state index >= 15 is 0 Å². The molecule has 1 atom stereocenters. The van der Waals surface area contributed by atoms with Crippen molar-refractivity contribution < 1.29 is 9.00 Å². The second-order valence-corrected chi connectivity index (χ2v) is 4.71. The summed E-state index contributed by atoms with van der Waals surface area (Å²) >= 11 is 0. The summed E-state index contributed by atoms with van der Waals surface area (Å²) in [5.74, 6) is 0.279. The van der Waals surface area contributed by atoms with E-state index in [-0.39, 0.29) is 5.91 Å². The standard InChI is InChI=1S/C10H14N2O2S/c1-15(14)6-5-12-10(13)8-3-2-4-9(11)7-8/h2-4,7H,5-6,11H2,1H3,(H,12,13). The van der Waals surface area contributed by atoms with Gasteiger partial charge in [0, 0.05) is 40.6 Å². The third kappa shape index (κ3) is 4.12. The van der Waals surface area contributed by atoms with Gasteiger partial charge in [-0.05, 0) is 18.2 Å². The Kier molecular flexibility index (Phi) is 4.30. The van der Waals surface area contributed by atoms with E-state index in [0.29, 0.717) is 23.5 Å². The van der Waals surface area contributed by atoms with Gasteiger partial charge >= 0.3 is 0 Å². The zero-order chi connectivity index (χ0) is 11.3. The molecule has 0 saturated carbocycles. The molecule has 4 nitrogen and oxygen atoms in total. The molecule has 82 valence electrons. The molecule has 5 heteroatoms. The normalized spacial score (nSPS) is 12.1. The minimum absolute atomic E-state index is 0.187. The van der Waals surface area contributed by atoms with E-state index in [4.69, 9.17) is 5.73 Å². The Morgan fingerprint density at radius 2 is 2.27 bits per heavy atom. The van der Waals surface area contributed by atoms with E-state index in [1.165, 1.54) is 0 Å². The third-order valence-electron chi connectivity index (χ3n) is 1.82. The van der Waals surface area contributed by atoms with Gasteiger partial charge in [-0.1, -0.05) is 6.07 Å². The van der Waals surface area contributed by atoms with Gasteiger partial charge in [0.15, 0.2) is 0 Å². The van der Waals surface area contributed by atoms with Crippen LogP contribution in [0.3, 0.4) is 0 Å². The first kappa shape index (κ1) is 11.7. The molecule has 0 aliphatic heterocycles. The number of hydrogen-bond acceptors (Lipinski definition) is 3. The van der Waals surface area contributed by atoms with Crippen LogP contribution < -0.4 is 11.1 Å². The van der Waals surface area contributed by atoms with Crippen LogP contribution in [-0.2, 0) is 10.8 Å². The van der Waals surface area contributed by atoms with Crippen LogP contribution in [0.15, 0.2) is 24.3 Å². The summed E-state index contributed by atoms with van der Waals surface area (Å²) in [5.41, 5.74) is 6.63. The lowest BCUT2D eigenvalue weighted by atomic mass is 10.2. The molecular weight excluding hydrogens is 212 g/mol. The Bertz CT molecular complexity index is 379. The molecule has 1 unspecified atom stereocenters. The molecule has 0 bridgehead atoms. The van der Waals surface area contributed by atoms with E-state index in [9.17, 15) is 9.00 Å². The van der Waals surface area contributed by atoms with Crippen molar-refractivity contribution in [3.8, 4) is 0 Å². The van der Waals surface area contributed by atoms with Crippen molar-refractivity contribution in [2.24, 2.45) is 0 Å². The number of nitrogen functional groups attached to an aromatic ring is 1. The fraction of sp³-hybridized carbons (Fsp3) is 0.300. The van der Waals surface area contributed by atoms with Crippen LogP contribution in [-0.4, -0.2) is 28.7 Å². The van der Waals surface area contributed by atoms with Gasteiger partial charge in [-0.25, -0.2) is 0 Å². The van der Waals surface area contributed by atoms with Crippen molar-refractivity contribution in [1.82, 2.24) is 5.32 Å². The van der Waals surface area contributed by atoms with Crippen molar-refractivity contribution in [1.29, 1.82) is 0 Å². The van der Waals surface area contributed by atoms with Gasteiger partial charge in [0.1, 0.15) is 0 Å². The fourth-order valence-corrected chi connectivity index (χ4v) is 1.48. The maximum Gasteiger partial charge on any atom is 0.251 e. The molecule has 0 aromatic heterocycles. The highest BCUT2D eigenvalue weighted by Gasteiger charge is 2.04. The van der Waals surface area contributed by atoms with Crippen LogP contribution in [0.2, 0.25) is 0 Å². The Morgan fingerprint density at radius 1 is 1.53 bits per heavy atom. The molecule has 0 aliphatic carbocycles. The molecule has 0 spiro atoms. The molecule has 15 heavy (non-hydrogen) atoms. The van der Waals surface area contributed by atoms with Crippen molar-refractivity contribution >= 4 is 22.4 Å². The fourth-order valence-electron chi connectivity index (χ4n) is 1.09. The lowest BCUT2D eigenvalue weighted by molar-refractivity contribution is 0.0956. The first-order chi connectivity index (χ1) is 7.09. The minimum atomic E-state index is -0.882. The molecule has 1 aromatic rings. The number of hydrogen-bond donors (Lipinski definition) is 2. The molecule has 3 N–H and O–H groups in total. The van der Waals surface area contributed by atoms with Crippen molar-refractivity contribution in [2.75, 3.05) is 24.3 Å². The molecule has 0 saturated heterocycles. The number of rotatable bonds is 4. The van der Waals surface area contributed by atoms with E-state index < -0.39 is 10.8 Å². The van der Waals surface area contributed by atoms with Crippen LogP contribution in [0.4, 0.5) is 5.69 Å². The number of anilines is 1. The second kappa shape index (κ2) is 5.50. The zero-order valence-electron chi connectivity index (χ0n) is 8.53. The average Bonchev–Trinajstić information content (AvgIpc) is 2.17. The summed E-state index contributed by atoms with van der Waals surface area (Å²) in [6.07, 6.45) is 1.60. The Morgan fingerprint density at radius 3 is 2.87 bits per heavy atom. The Labute approximate surface area is 91.3 Å². The van der Waals surface area contributed by atoms with E-state index in [2.05, 4.69) is 5.32 Å². The minimum Gasteiger partial charge on any atom is -0.399 e. The van der Waals surface area contributed by atoms with Crippen LogP contribution in [0.1, 0.15) is 10.4 Å². The molecule has 0 heterocycles.